The number of aryl methyl sites for hydroxylation is 3. The van der Waals surface area contributed by atoms with Gasteiger partial charge in [-0.1, -0.05) is 29.8 Å². The molecule has 0 radical (unpaired) electrons. The van der Waals surface area contributed by atoms with Crippen molar-refractivity contribution in [2.75, 3.05) is 15.9 Å². The van der Waals surface area contributed by atoms with Gasteiger partial charge in [-0.25, -0.2) is 12.8 Å². The maximum Gasteiger partial charge on any atom is 0.248 e. The summed E-state index contributed by atoms with van der Waals surface area (Å²) in [7, 11) is -3.87. The van der Waals surface area contributed by atoms with Crippen LogP contribution in [0.5, 0.6) is 0 Å². The van der Waals surface area contributed by atoms with Crippen LogP contribution < -0.4 is 9.62 Å². The van der Waals surface area contributed by atoms with Crippen molar-refractivity contribution in [1.29, 1.82) is 0 Å². The molecule has 0 aliphatic rings. The lowest BCUT2D eigenvalue weighted by Crippen LogP contribution is -2.45. The average molecular weight is 378 g/mol. The minimum Gasteiger partial charge on any atom is -0.324 e. The molecule has 7 heteroatoms. The number of carbonyl (C=O) groups is 1. The van der Waals surface area contributed by atoms with Gasteiger partial charge in [0.15, 0.2) is 0 Å². The van der Waals surface area contributed by atoms with Gasteiger partial charge in [0.25, 0.3) is 0 Å². The molecular formula is C19H23FN2O3S. The van der Waals surface area contributed by atoms with E-state index in [1.54, 1.807) is 0 Å². The SMILES string of the molecule is Cc1cc(C)c(NC(=O)C(C)N(c2ccccc2F)S(C)(=O)=O)c(C)c1. The van der Waals surface area contributed by atoms with Gasteiger partial charge in [0.05, 0.1) is 11.9 Å². The van der Waals surface area contributed by atoms with Crippen LogP contribution in [0.15, 0.2) is 36.4 Å². The summed E-state index contributed by atoms with van der Waals surface area (Å²) >= 11 is 0. The van der Waals surface area contributed by atoms with Crippen molar-refractivity contribution in [3.8, 4) is 0 Å². The normalized spacial score (nSPS) is 12.5. The van der Waals surface area contributed by atoms with Crippen LogP contribution in [-0.2, 0) is 14.8 Å². The summed E-state index contributed by atoms with van der Waals surface area (Å²) in [6, 6.07) is 8.21. The summed E-state index contributed by atoms with van der Waals surface area (Å²) in [6.45, 7) is 7.12. The molecule has 1 unspecified atom stereocenters. The van der Waals surface area contributed by atoms with Crippen LogP contribution in [0, 0.1) is 26.6 Å². The average Bonchev–Trinajstić information content (AvgIpc) is 2.51. The zero-order chi connectivity index (χ0) is 19.6. The van der Waals surface area contributed by atoms with Gasteiger partial charge >= 0.3 is 0 Å². The lowest BCUT2D eigenvalue weighted by Gasteiger charge is -2.29. The molecule has 0 saturated carbocycles. The van der Waals surface area contributed by atoms with Crippen molar-refractivity contribution in [1.82, 2.24) is 0 Å². The fourth-order valence-electron chi connectivity index (χ4n) is 3.02. The molecule has 1 N–H and O–H groups in total. The van der Waals surface area contributed by atoms with E-state index >= 15 is 0 Å². The predicted octanol–water partition coefficient (Wildman–Crippen LogP) is 3.54. The minimum atomic E-state index is -3.87. The van der Waals surface area contributed by atoms with Gasteiger partial charge < -0.3 is 5.32 Å². The van der Waals surface area contributed by atoms with Gasteiger partial charge in [-0.2, -0.15) is 0 Å². The Hall–Kier alpha value is -2.41. The number of benzene rings is 2. The molecule has 1 amide bonds. The molecule has 2 rings (SSSR count). The molecule has 5 nitrogen and oxygen atoms in total. The van der Waals surface area contributed by atoms with Crippen LogP contribution in [-0.4, -0.2) is 26.6 Å². The van der Waals surface area contributed by atoms with Crippen LogP contribution in [0.1, 0.15) is 23.6 Å². The van der Waals surface area contributed by atoms with Gasteiger partial charge in [0.2, 0.25) is 15.9 Å². The number of hydrogen-bond donors (Lipinski definition) is 1. The Morgan fingerprint density at radius 3 is 2.15 bits per heavy atom. The third-order valence-corrected chi connectivity index (χ3v) is 5.33. The van der Waals surface area contributed by atoms with Crippen LogP contribution >= 0.6 is 0 Å². The predicted molar refractivity (Wildman–Crippen MR) is 102 cm³/mol. The summed E-state index contributed by atoms with van der Waals surface area (Å²) in [4.78, 5) is 12.7. The first-order chi connectivity index (χ1) is 12.0. The summed E-state index contributed by atoms with van der Waals surface area (Å²) in [5.41, 5.74) is 3.29. The first kappa shape index (κ1) is 19.9. The molecule has 0 spiro atoms. The lowest BCUT2D eigenvalue weighted by atomic mass is 10.0. The first-order valence-electron chi connectivity index (χ1n) is 8.15. The van der Waals surface area contributed by atoms with E-state index in [0.29, 0.717) is 5.69 Å². The number of hydrogen-bond acceptors (Lipinski definition) is 3. The van der Waals surface area contributed by atoms with E-state index in [1.165, 1.54) is 25.1 Å². The molecule has 0 heterocycles. The van der Waals surface area contributed by atoms with E-state index in [1.807, 2.05) is 32.9 Å². The zero-order valence-electron chi connectivity index (χ0n) is 15.5. The summed E-state index contributed by atoms with van der Waals surface area (Å²) in [5, 5.41) is 2.78. The van der Waals surface area contributed by atoms with E-state index in [4.69, 9.17) is 0 Å². The highest BCUT2D eigenvalue weighted by atomic mass is 32.2. The molecule has 2 aromatic rings. The first-order valence-corrected chi connectivity index (χ1v) is 10.00. The number of halogens is 1. The number of carbonyl (C=O) groups excluding carboxylic acids is 1. The van der Waals surface area contributed by atoms with Gasteiger partial charge in [0.1, 0.15) is 11.9 Å². The standard InChI is InChI=1S/C19H23FN2O3S/c1-12-10-13(2)18(14(3)11-12)21-19(23)15(4)22(26(5,24)25)17-9-7-6-8-16(17)20/h6-11,15H,1-5H3,(H,21,23). The third kappa shape index (κ3) is 4.22. The van der Waals surface area contributed by atoms with Crippen LogP contribution in [0.2, 0.25) is 0 Å². The molecule has 0 aliphatic carbocycles. The van der Waals surface area contributed by atoms with Crippen molar-refractivity contribution in [3.63, 3.8) is 0 Å². The van der Waals surface area contributed by atoms with Crippen LogP contribution in [0.25, 0.3) is 0 Å². The van der Waals surface area contributed by atoms with Crippen LogP contribution in [0.3, 0.4) is 0 Å². The van der Waals surface area contributed by atoms with Crippen LogP contribution in [0.4, 0.5) is 15.8 Å². The third-order valence-electron chi connectivity index (χ3n) is 4.10. The fourth-order valence-corrected chi connectivity index (χ4v) is 4.19. The van der Waals surface area contributed by atoms with E-state index in [9.17, 15) is 17.6 Å². The van der Waals surface area contributed by atoms with Crippen molar-refractivity contribution < 1.29 is 17.6 Å². The van der Waals surface area contributed by atoms with Gasteiger partial charge in [-0.15, -0.1) is 0 Å². The highest BCUT2D eigenvalue weighted by Gasteiger charge is 2.31. The zero-order valence-corrected chi connectivity index (χ0v) is 16.3. The molecule has 0 aliphatic heterocycles. The number of nitrogens with one attached hydrogen (secondary N) is 1. The van der Waals surface area contributed by atoms with E-state index < -0.39 is 27.8 Å². The van der Waals surface area contributed by atoms with E-state index in [2.05, 4.69) is 5.32 Å². The van der Waals surface area contributed by atoms with E-state index in [0.717, 1.165) is 33.3 Å². The minimum absolute atomic E-state index is 0.157. The smallest absolute Gasteiger partial charge is 0.248 e. The number of para-hydroxylation sites is 1. The molecular weight excluding hydrogens is 355 g/mol. The van der Waals surface area contributed by atoms with E-state index in [-0.39, 0.29) is 5.69 Å². The Labute approximate surface area is 153 Å². The largest absolute Gasteiger partial charge is 0.324 e. The molecule has 0 aromatic heterocycles. The van der Waals surface area contributed by atoms with Crippen molar-refractivity contribution >= 4 is 27.3 Å². The number of rotatable bonds is 5. The summed E-state index contributed by atoms with van der Waals surface area (Å²) < 4.78 is 39.4. The van der Waals surface area contributed by atoms with Crippen molar-refractivity contribution in [2.24, 2.45) is 0 Å². The number of sulfonamides is 1. The highest BCUT2D eigenvalue weighted by Crippen LogP contribution is 2.26. The van der Waals surface area contributed by atoms with Gasteiger partial charge in [-0.05, 0) is 51.0 Å². The molecule has 2 aromatic carbocycles. The maximum atomic E-state index is 14.2. The molecule has 140 valence electrons. The Morgan fingerprint density at radius 1 is 1.12 bits per heavy atom. The molecule has 26 heavy (non-hydrogen) atoms. The molecule has 1 atom stereocenters. The molecule has 0 bridgehead atoms. The number of anilines is 2. The Kier molecular flexibility index (Phi) is 5.71. The lowest BCUT2D eigenvalue weighted by molar-refractivity contribution is -0.116. The molecule has 0 fully saturated rings. The second-order valence-corrected chi connectivity index (χ2v) is 8.31. The second kappa shape index (κ2) is 7.45. The Balaban J connectivity index is 2.40. The molecule has 0 saturated heterocycles. The monoisotopic (exact) mass is 378 g/mol. The summed E-state index contributed by atoms with van der Waals surface area (Å²) in [6.07, 6.45) is 0.950. The Bertz CT molecular complexity index is 919. The highest BCUT2D eigenvalue weighted by molar-refractivity contribution is 7.92. The van der Waals surface area contributed by atoms with Crippen molar-refractivity contribution in [3.05, 3.63) is 58.9 Å². The number of amides is 1. The maximum absolute atomic E-state index is 14.2. The second-order valence-electron chi connectivity index (χ2n) is 6.45. The Morgan fingerprint density at radius 2 is 1.65 bits per heavy atom. The topological polar surface area (TPSA) is 66.5 Å². The fraction of sp³-hybridized carbons (Fsp3) is 0.316. The van der Waals surface area contributed by atoms with Gasteiger partial charge in [0, 0.05) is 5.69 Å². The van der Waals surface area contributed by atoms with Crippen molar-refractivity contribution in [2.45, 2.75) is 33.7 Å². The summed E-state index contributed by atoms with van der Waals surface area (Å²) in [5.74, 6) is -1.24. The van der Waals surface area contributed by atoms with Gasteiger partial charge in [-0.3, -0.25) is 9.10 Å². The quantitative estimate of drug-likeness (QED) is 0.865. The number of nitrogens with zero attached hydrogens (tertiary/aromatic N) is 1.